The summed E-state index contributed by atoms with van der Waals surface area (Å²) in [5.74, 6) is 0.411. The lowest BCUT2D eigenvalue weighted by atomic mass is 9.87. The van der Waals surface area contributed by atoms with Gasteiger partial charge in [0.1, 0.15) is 15.5 Å². The van der Waals surface area contributed by atoms with Crippen LogP contribution in [0.15, 0.2) is 24.3 Å². The fourth-order valence-electron chi connectivity index (χ4n) is 3.75. The van der Waals surface area contributed by atoms with Gasteiger partial charge in [-0.05, 0) is 61.4 Å². The van der Waals surface area contributed by atoms with Crippen LogP contribution in [-0.2, 0) is 17.6 Å². The number of aryl methyl sites for hydroxylation is 1. The highest BCUT2D eigenvalue weighted by Crippen LogP contribution is 2.44. The maximum absolute atomic E-state index is 12.4. The Balaban J connectivity index is 2.03. The average molecular weight is 382 g/mol. The maximum Gasteiger partial charge on any atom is 0.350 e. The molecule has 2 heterocycles. The number of aromatic nitrogens is 1. The van der Waals surface area contributed by atoms with Crippen molar-refractivity contribution in [2.75, 3.05) is 19.5 Å². The number of benzene rings is 1. The molecule has 0 fully saturated rings. The number of ether oxygens (including phenoxy) is 2. The quantitative estimate of drug-likeness (QED) is 0.667. The number of nitrogens with zero attached hydrogens (tertiary/aromatic N) is 1. The van der Waals surface area contributed by atoms with Crippen LogP contribution in [0.1, 0.15) is 40.7 Å². The van der Waals surface area contributed by atoms with E-state index in [-0.39, 0.29) is 5.97 Å². The second kappa shape index (κ2) is 7.19. The average Bonchev–Trinajstić information content (AvgIpc) is 3.02. The summed E-state index contributed by atoms with van der Waals surface area (Å²) in [6.07, 6.45) is 4.18. The van der Waals surface area contributed by atoms with Gasteiger partial charge in [-0.3, -0.25) is 0 Å². The third kappa shape index (κ3) is 3.04. The third-order valence-electron chi connectivity index (χ3n) is 4.97. The number of fused-ring (bicyclic) bond motifs is 2. The van der Waals surface area contributed by atoms with E-state index in [1.54, 1.807) is 14.0 Å². The van der Waals surface area contributed by atoms with E-state index >= 15 is 0 Å². The highest BCUT2D eigenvalue weighted by Gasteiger charge is 2.26. The predicted octanol–water partition coefficient (Wildman–Crippen LogP) is 4.61. The summed E-state index contributed by atoms with van der Waals surface area (Å²) in [5, 5.41) is 0.858. The molecule has 27 heavy (non-hydrogen) atoms. The zero-order chi connectivity index (χ0) is 19.0. The zero-order valence-electron chi connectivity index (χ0n) is 15.5. The molecule has 6 heteroatoms. The van der Waals surface area contributed by atoms with Crippen LogP contribution in [0.5, 0.6) is 5.75 Å². The van der Waals surface area contributed by atoms with Gasteiger partial charge in [0.25, 0.3) is 0 Å². The zero-order valence-corrected chi connectivity index (χ0v) is 16.3. The molecule has 0 saturated heterocycles. The van der Waals surface area contributed by atoms with E-state index in [1.165, 1.54) is 16.9 Å². The van der Waals surface area contributed by atoms with Crippen LogP contribution in [0, 0.1) is 0 Å². The number of hydrogen-bond donors (Lipinski definition) is 1. The number of anilines is 1. The van der Waals surface area contributed by atoms with Crippen LogP contribution in [0.25, 0.3) is 21.3 Å². The normalized spacial score (nSPS) is 13.4. The Kier molecular flexibility index (Phi) is 4.74. The first-order chi connectivity index (χ1) is 13.1. The van der Waals surface area contributed by atoms with Crippen LogP contribution >= 0.6 is 11.3 Å². The molecule has 2 aromatic heterocycles. The molecule has 140 valence electrons. The molecule has 0 bridgehead atoms. The second-order valence-electron chi connectivity index (χ2n) is 6.60. The summed E-state index contributed by atoms with van der Waals surface area (Å²) in [6, 6.07) is 7.98. The summed E-state index contributed by atoms with van der Waals surface area (Å²) in [7, 11) is 1.66. The monoisotopic (exact) mass is 382 g/mol. The van der Waals surface area contributed by atoms with Gasteiger partial charge in [0.15, 0.2) is 0 Å². The molecule has 0 spiro atoms. The van der Waals surface area contributed by atoms with Crippen molar-refractivity contribution >= 4 is 33.2 Å². The second-order valence-corrected chi connectivity index (χ2v) is 7.60. The lowest BCUT2D eigenvalue weighted by Crippen LogP contribution is -2.08. The van der Waals surface area contributed by atoms with Gasteiger partial charge in [0, 0.05) is 11.1 Å². The summed E-state index contributed by atoms with van der Waals surface area (Å²) in [5.41, 5.74) is 11.4. The van der Waals surface area contributed by atoms with Gasteiger partial charge in [-0.15, -0.1) is 11.3 Å². The molecule has 5 nitrogen and oxygen atoms in total. The molecule has 0 atom stereocenters. The Labute approximate surface area is 162 Å². The van der Waals surface area contributed by atoms with Gasteiger partial charge < -0.3 is 15.2 Å². The summed E-state index contributed by atoms with van der Waals surface area (Å²) >= 11 is 1.32. The van der Waals surface area contributed by atoms with E-state index in [1.807, 2.05) is 18.2 Å². The van der Waals surface area contributed by atoms with E-state index in [9.17, 15) is 4.79 Å². The van der Waals surface area contributed by atoms with Crippen LogP contribution in [0.2, 0.25) is 0 Å². The third-order valence-corrected chi connectivity index (χ3v) is 6.05. The molecule has 0 amide bonds. The standard InChI is InChI=1S/C21H22N2O3S/c1-3-26-21(24)19-18(22)17-16(12-7-6-8-13(11-12)25-2)14-9-4-5-10-15(14)23-20(17)27-19/h6-8,11H,3-5,9-10,22H2,1-2H3. The van der Waals surface area contributed by atoms with Crippen molar-refractivity contribution in [3.05, 3.63) is 40.4 Å². The summed E-state index contributed by atoms with van der Waals surface area (Å²) < 4.78 is 10.6. The SMILES string of the molecule is CCOC(=O)c1sc2nc3c(c(-c4cccc(OC)c4)c2c1N)CCCC3. The number of nitrogen functional groups attached to an aromatic ring is 1. The van der Waals surface area contributed by atoms with E-state index in [2.05, 4.69) is 6.07 Å². The van der Waals surface area contributed by atoms with Crippen LogP contribution in [0.4, 0.5) is 5.69 Å². The molecule has 1 aliphatic carbocycles. The van der Waals surface area contributed by atoms with E-state index in [4.69, 9.17) is 20.2 Å². The van der Waals surface area contributed by atoms with Crippen LogP contribution in [-0.4, -0.2) is 24.7 Å². The van der Waals surface area contributed by atoms with Gasteiger partial charge in [-0.25, -0.2) is 9.78 Å². The predicted molar refractivity (Wildman–Crippen MR) is 109 cm³/mol. The van der Waals surface area contributed by atoms with E-state index in [0.717, 1.165) is 58.5 Å². The number of hydrogen-bond acceptors (Lipinski definition) is 6. The van der Waals surface area contributed by atoms with Gasteiger partial charge in [0.05, 0.1) is 19.4 Å². The van der Waals surface area contributed by atoms with Gasteiger partial charge in [0.2, 0.25) is 0 Å². The molecule has 0 unspecified atom stereocenters. The van der Waals surface area contributed by atoms with Crippen molar-refractivity contribution in [2.45, 2.75) is 32.6 Å². The highest BCUT2D eigenvalue weighted by molar-refractivity contribution is 7.21. The lowest BCUT2D eigenvalue weighted by Gasteiger charge is -2.20. The van der Waals surface area contributed by atoms with Crippen molar-refractivity contribution in [1.82, 2.24) is 4.98 Å². The number of esters is 1. The van der Waals surface area contributed by atoms with Crippen molar-refractivity contribution < 1.29 is 14.3 Å². The smallest absolute Gasteiger partial charge is 0.350 e. The van der Waals surface area contributed by atoms with Crippen molar-refractivity contribution in [1.29, 1.82) is 0 Å². The molecule has 3 aromatic rings. The Hall–Kier alpha value is -2.60. The Morgan fingerprint density at radius 2 is 2.11 bits per heavy atom. The molecule has 1 aromatic carbocycles. The van der Waals surface area contributed by atoms with Gasteiger partial charge >= 0.3 is 5.97 Å². The summed E-state index contributed by atoms with van der Waals surface area (Å²) in [6.45, 7) is 2.11. The molecule has 4 rings (SSSR count). The van der Waals surface area contributed by atoms with Crippen molar-refractivity contribution in [3.8, 4) is 16.9 Å². The van der Waals surface area contributed by atoms with E-state index < -0.39 is 0 Å². The first-order valence-corrected chi connectivity index (χ1v) is 10.0. The molecular weight excluding hydrogens is 360 g/mol. The maximum atomic E-state index is 12.4. The van der Waals surface area contributed by atoms with Gasteiger partial charge in [-0.2, -0.15) is 0 Å². The molecule has 0 aliphatic heterocycles. The molecule has 0 saturated carbocycles. The number of carbonyl (C=O) groups is 1. The number of carbonyl (C=O) groups excluding carboxylic acids is 1. The lowest BCUT2D eigenvalue weighted by molar-refractivity contribution is 0.0533. The Morgan fingerprint density at radius 1 is 1.30 bits per heavy atom. The molecule has 2 N–H and O–H groups in total. The topological polar surface area (TPSA) is 74.4 Å². The number of nitrogens with two attached hydrogens (primary N) is 1. The Morgan fingerprint density at radius 3 is 2.89 bits per heavy atom. The number of thiophene rings is 1. The minimum absolute atomic E-state index is 0.319. The van der Waals surface area contributed by atoms with E-state index in [0.29, 0.717) is 17.2 Å². The first kappa shape index (κ1) is 17.8. The number of pyridine rings is 1. The van der Waals surface area contributed by atoms with Crippen molar-refractivity contribution in [3.63, 3.8) is 0 Å². The summed E-state index contributed by atoms with van der Waals surface area (Å²) in [4.78, 5) is 18.5. The first-order valence-electron chi connectivity index (χ1n) is 9.19. The number of rotatable bonds is 4. The minimum Gasteiger partial charge on any atom is -0.497 e. The Bertz CT molecular complexity index is 1030. The largest absolute Gasteiger partial charge is 0.497 e. The molecule has 1 aliphatic rings. The molecular formula is C21H22N2O3S. The van der Waals surface area contributed by atoms with Crippen LogP contribution in [0.3, 0.4) is 0 Å². The minimum atomic E-state index is -0.382. The molecule has 0 radical (unpaired) electrons. The van der Waals surface area contributed by atoms with Crippen molar-refractivity contribution in [2.24, 2.45) is 0 Å². The van der Waals surface area contributed by atoms with Crippen LogP contribution < -0.4 is 10.5 Å². The fourth-order valence-corrected chi connectivity index (χ4v) is 4.77. The fraction of sp³-hybridized carbons (Fsp3) is 0.333. The number of methoxy groups -OCH3 is 1. The highest BCUT2D eigenvalue weighted by atomic mass is 32.1. The van der Waals surface area contributed by atoms with Gasteiger partial charge in [-0.1, -0.05) is 12.1 Å².